The molecule has 0 fully saturated rings. The van der Waals surface area contributed by atoms with Gasteiger partial charge in [-0.2, -0.15) is 5.26 Å². The van der Waals surface area contributed by atoms with Gasteiger partial charge in [0.2, 0.25) is 0 Å². The zero-order chi connectivity index (χ0) is 8.91. The Bertz CT molecular complexity index is 176. The van der Waals surface area contributed by atoms with Crippen molar-refractivity contribution < 1.29 is 4.79 Å². The van der Waals surface area contributed by atoms with Crippen LogP contribution in [-0.4, -0.2) is 5.78 Å². The first kappa shape index (κ1) is 10.2. The third kappa shape index (κ3) is 3.77. The van der Waals surface area contributed by atoms with Crippen molar-refractivity contribution in [3.05, 3.63) is 0 Å². The molecule has 0 aliphatic rings. The Balaban J connectivity index is 3.75. The fourth-order valence-corrected chi connectivity index (χ4v) is 0.785. The van der Waals surface area contributed by atoms with Crippen LogP contribution < -0.4 is 0 Å². The van der Waals surface area contributed by atoms with E-state index in [9.17, 15) is 4.79 Å². The molecule has 0 bridgehead atoms. The van der Waals surface area contributed by atoms with Gasteiger partial charge in [-0.25, -0.2) is 0 Å². The van der Waals surface area contributed by atoms with Crippen LogP contribution in [0.3, 0.4) is 0 Å². The smallest absolute Gasteiger partial charge is 0.135 e. The first-order valence-corrected chi connectivity index (χ1v) is 3.88. The third-order valence-electron chi connectivity index (χ3n) is 2.04. The Hall–Kier alpha value is -0.840. The van der Waals surface area contributed by atoms with Gasteiger partial charge in [-0.1, -0.05) is 13.8 Å². The lowest BCUT2D eigenvalue weighted by Gasteiger charge is -2.19. The highest BCUT2D eigenvalue weighted by Gasteiger charge is 2.22. The molecule has 2 heteroatoms. The van der Waals surface area contributed by atoms with Gasteiger partial charge in [-0.05, 0) is 19.8 Å². The number of carbonyl (C=O) groups is 1. The van der Waals surface area contributed by atoms with Gasteiger partial charge in [0, 0.05) is 11.8 Å². The summed E-state index contributed by atoms with van der Waals surface area (Å²) >= 11 is 0. The Morgan fingerprint density at radius 1 is 1.55 bits per heavy atom. The number of Topliss-reactive ketones (excluding diaryl/α,β-unsaturated/α-hetero) is 1. The maximum absolute atomic E-state index is 11.0. The summed E-state index contributed by atoms with van der Waals surface area (Å²) < 4.78 is 0. The van der Waals surface area contributed by atoms with Gasteiger partial charge in [-0.3, -0.25) is 4.79 Å². The molecule has 0 aromatic rings. The molecule has 0 saturated carbocycles. The minimum Gasteiger partial charge on any atom is -0.299 e. The van der Waals surface area contributed by atoms with E-state index >= 15 is 0 Å². The molecule has 0 spiro atoms. The number of ketones is 1. The Kier molecular flexibility index (Phi) is 3.81. The second kappa shape index (κ2) is 4.12. The predicted octanol–water partition coefficient (Wildman–Crippen LogP) is 2.30. The first-order valence-electron chi connectivity index (χ1n) is 3.88. The third-order valence-corrected chi connectivity index (χ3v) is 2.04. The number of nitriles is 1. The molecule has 0 aromatic carbocycles. The summed E-state index contributed by atoms with van der Waals surface area (Å²) in [5.74, 6) is 0.204. The molecular formula is C9H15NO. The number of unbranched alkanes of at least 4 members (excludes halogenated alkanes) is 1. The Morgan fingerprint density at radius 2 is 2.09 bits per heavy atom. The molecule has 0 aliphatic carbocycles. The van der Waals surface area contributed by atoms with E-state index in [2.05, 4.69) is 6.07 Å². The highest BCUT2D eigenvalue weighted by Crippen LogP contribution is 2.23. The van der Waals surface area contributed by atoms with Gasteiger partial charge < -0.3 is 0 Å². The molecule has 2 nitrogen and oxygen atoms in total. The first-order chi connectivity index (χ1) is 5.00. The molecular weight excluding hydrogens is 138 g/mol. The SMILES string of the molecule is CC(=O)C(C)(C)CCCC#N. The van der Waals surface area contributed by atoms with Crippen molar-refractivity contribution in [3.8, 4) is 6.07 Å². The van der Waals surface area contributed by atoms with E-state index in [1.54, 1.807) is 6.92 Å². The van der Waals surface area contributed by atoms with Crippen LogP contribution in [0.25, 0.3) is 0 Å². The van der Waals surface area contributed by atoms with Gasteiger partial charge in [0.25, 0.3) is 0 Å². The molecule has 62 valence electrons. The van der Waals surface area contributed by atoms with Crippen molar-refractivity contribution in [1.82, 2.24) is 0 Å². The molecule has 0 heterocycles. The zero-order valence-corrected chi connectivity index (χ0v) is 7.48. The van der Waals surface area contributed by atoms with Crippen molar-refractivity contribution in [1.29, 1.82) is 5.26 Å². The average molecular weight is 153 g/mol. The van der Waals surface area contributed by atoms with Crippen LogP contribution in [-0.2, 0) is 4.79 Å². The van der Waals surface area contributed by atoms with E-state index in [0.29, 0.717) is 6.42 Å². The van der Waals surface area contributed by atoms with Crippen molar-refractivity contribution >= 4 is 5.78 Å². The van der Waals surface area contributed by atoms with Gasteiger partial charge >= 0.3 is 0 Å². The van der Waals surface area contributed by atoms with Crippen LogP contribution in [0.5, 0.6) is 0 Å². The van der Waals surface area contributed by atoms with Gasteiger partial charge in [0.1, 0.15) is 5.78 Å². The van der Waals surface area contributed by atoms with Crippen LogP contribution >= 0.6 is 0 Å². The molecule has 0 rings (SSSR count). The fraction of sp³-hybridized carbons (Fsp3) is 0.778. The number of carbonyl (C=O) groups excluding carboxylic acids is 1. The number of rotatable bonds is 4. The van der Waals surface area contributed by atoms with Crippen LogP contribution in [0.15, 0.2) is 0 Å². The van der Waals surface area contributed by atoms with Gasteiger partial charge in [0.15, 0.2) is 0 Å². The predicted molar refractivity (Wildman–Crippen MR) is 43.9 cm³/mol. The van der Waals surface area contributed by atoms with E-state index in [1.807, 2.05) is 13.8 Å². The zero-order valence-electron chi connectivity index (χ0n) is 7.48. The van der Waals surface area contributed by atoms with Gasteiger partial charge in [-0.15, -0.1) is 0 Å². The summed E-state index contributed by atoms with van der Waals surface area (Å²) in [5, 5.41) is 8.27. The van der Waals surface area contributed by atoms with Crippen molar-refractivity contribution in [2.75, 3.05) is 0 Å². The molecule has 0 radical (unpaired) electrons. The highest BCUT2D eigenvalue weighted by atomic mass is 16.1. The van der Waals surface area contributed by atoms with Crippen LogP contribution in [0.4, 0.5) is 0 Å². The topological polar surface area (TPSA) is 40.9 Å². The van der Waals surface area contributed by atoms with Crippen molar-refractivity contribution in [2.24, 2.45) is 5.41 Å². The van der Waals surface area contributed by atoms with E-state index in [0.717, 1.165) is 12.8 Å². The fourth-order valence-electron chi connectivity index (χ4n) is 0.785. The molecule has 0 unspecified atom stereocenters. The van der Waals surface area contributed by atoms with Crippen LogP contribution in [0, 0.1) is 16.7 Å². The van der Waals surface area contributed by atoms with E-state index < -0.39 is 0 Å². The molecule has 0 aromatic heterocycles. The maximum atomic E-state index is 11.0. The van der Waals surface area contributed by atoms with Crippen molar-refractivity contribution in [3.63, 3.8) is 0 Å². The lowest BCUT2D eigenvalue weighted by molar-refractivity contribution is -0.125. The average Bonchev–Trinajstić information content (AvgIpc) is 1.88. The summed E-state index contributed by atoms with van der Waals surface area (Å²) in [6.45, 7) is 5.45. The van der Waals surface area contributed by atoms with Crippen LogP contribution in [0.1, 0.15) is 40.0 Å². The number of hydrogen-bond donors (Lipinski definition) is 0. The second-order valence-corrected chi connectivity index (χ2v) is 3.45. The maximum Gasteiger partial charge on any atom is 0.135 e. The quantitative estimate of drug-likeness (QED) is 0.581. The molecule has 0 aliphatic heterocycles. The molecule has 0 amide bonds. The van der Waals surface area contributed by atoms with E-state index in [1.165, 1.54) is 0 Å². The lowest BCUT2D eigenvalue weighted by Crippen LogP contribution is -2.20. The lowest BCUT2D eigenvalue weighted by atomic mass is 9.84. The monoisotopic (exact) mass is 153 g/mol. The van der Waals surface area contributed by atoms with E-state index in [4.69, 9.17) is 5.26 Å². The summed E-state index contributed by atoms with van der Waals surface area (Å²) in [7, 11) is 0. The Labute approximate surface area is 68.2 Å². The minimum absolute atomic E-state index is 0.204. The molecule has 0 atom stereocenters. The largest absolute Gasteiger partial charge is 0.299 e. The molecule has 0 saturated heterocycles. The summed E-state index contributed by atoms with van der Waals surface area (Å²) in [4.78, 5) is 11.0. The normalized spacial score (nSPS) is 10.7. The standard InChI is InChI=1S/C9H15NO/c1-8(11)9(2,3)6-4-5-7-10/h4-6H2,1-3H3. The van der Waals surface area contributed by atoms with E-state index in [-0.39, 0.29) is 11.2 Å². The summed E-state index contributed by atoms with van der Waals surface area (Å²) in [5.41, 5.74) is -0.239. The summed E-state index contributed by atoms with van der Waals surface area (Å²) in [6.07, 6.45) is 2.19. The second-order valence-electron chi connectivity index (χ2n) is 3.45. The number of hydrogen-bond acceptors (Lipinski definition) is 2. The Morgan fingerprint density at radius 3 is 2.45 bits per heavy atom. The van der Waals surface area contributed by atoms with Crippen LogP contribution in [0.2, 0.25) is 0 Å². The van der Waals surface area contributed by atoms with Crippen molar-refractivity contribution in [2.45, 2.75) is 40.0 Å². The summed E-state index contributed by atoms with van der Waals surface area (Å²) in [6, 6.07) is 2.07. The highest BCUT2D eigenvalue weighted by molar-refractivity contribution is 5.81. The molecule has 0 N–H and O–H groups in total. The number of nitrogens with zero attached hydrogens (tertiary/aromatic N) is 1. The molecule has 11 heavy (non-hydrogen) atoms. The minimum atomic E-state index is -0.239. The van der Waals surface area contributed by atoms with Gasteiger partial charge in [0.05, 0.1) is 6.07 Å².